The number of carbonyl (C=O) groups is 4. The molecule has 0 aliphatic carbocycles. The first-order valence-electron chi connectivity index (χ1n) is 11.6. The summed E-state index contributed by atoms with van der Waals surface area (Å²) in [7, 11) is 1.23. The molecule has 0 saturated carbocycles. The molecular weight excluding hydrogens is 470 g/mol. The van der Waals surface area contributed by atoms with Crippen LogP contribution in [0.3, 0.4) is 0 Å². The van der Waals surface area contributed by atoms with Crippen LogP contribution in [0.4, 0.5) is 4.79 Å². The summed E-state index contributed by atoms with van der Waals surface area (Å²) in [4.78, 5) is 52.8. The van der Waals surface area contributed by atoms with Crippen molar-refractivity contribution in [3.05, 3.63) is 34.9 Å². The van der Waals surface area contributed by atoms with Gasteiger partial charge < -0.3 is 25.0 Å². The Labute approximate surface area is 213 Å². The first-order valence-corrected chi connectivity index (χ1v) is 12.2. The second-order valence-corrected chi connectivity index (χ2v) is 9.73. The van der Waals surface area contributed by atoms with Gasteiger partial charge in [0.2, 0.25) is 11.8 Å². The number of rotatable bonds is 10. The Hall–Kier alpha value is -2.75. The molecule has 0 aromatic heterocycles. The molecule has 0 heterocycles. The third-order valence-electron chi connectivity index (χ3n) is 5.59. The molecule has 0 spiro atoms. The lowest BCUT2D eigenvalue weighted by atomic mass is 9.94. The fraction of sp³-hybridized carbons (Fsp3) is 0.600. The standard InChI is InChI=1S/C25H39N3O6S/c1-9-16(3)28(23(31)19(14-35)27-24(32)34-25(5,6)7)21(22(30)26-13-20(29)33-8)18-12-10-11-15(2)17(18)4/h10-12,16,19,21,35H,9,13-14H2,1-8H3,(H,26,30)(H,27,32). The third kappa shape index (κ3) is 8.76. The number of thiol groups is 1. The first-order chi connectivity index (χ1) is 16.3. The quantitative estimate of drug-likeness (QED) is 0.330. The minimum atomic E-state index is -1.05. The molecule has 1 rings (SSSR count). The summed E-state index contributed by atoms with van der Waals surface area (Å²) in [5, 5.41) is 5.16. The molecule has 9 nitrogen and oxygen atoms in total. The van der Waals surface area contributed by atoms with Gasteiger partial charge in [-0.3, -0.25) is 14.4 Å². The van der Waals surface area contributed by atoms with Gasteiger partial charge in [-0.15, -0.1) is 0 Å². The van der Waals surface area contributed by atoms with Crippen LogP contribution in [0.5, 0.6) is 0 Å². The molecule has 0 saturated heterocycles. The molecule has 0 aliphatic heterocycles. The maximum absolute atomic E-state index is 13.8. The molecule has 0 radical (unpaired) electrons. The van der Waals surface area contributed by atoms with E-state index in [-0.39, 0.29) is 18.3 Å². The fourth-order valence-corrected chi connectivity index (χ4v) is 3.67. The van der Waals surface area contributed by atoms with Crippen molar-refractivity contribution in [1.29, 1.82) is 0 Å². The van der Waals surface area contributed by atoms with Crippen LogP contribution in [0.1, 0.15) is 63.8 Å². The Bertz CT molecular complexity index is 915. The Balaban J connectivity index is 3.51. The molecule has 35 heavy (non-hydrogen) atoms. The van der Waals surface area contributed by atoms with E-state index >= 15 is 0 Å². The minimum Gasteiger partial charge on any atom is -0.468 e. The van der Waals surface area contributed by atoms with Gasteiger partial charge in [-0.2, -0.15) is 12.6 Å². The SMILES string of the molecule is CCC(C)N(C(=O)C(CS)NC(=O)OC(C)(C)C)C(C(=O)NCC(=O)OC)c1cccc(C)c1C. The Morgan fingerprint density at radius 2 is 1.77 bits per heavy atom. The largest absolute Gasteiger partial charge is 0.468 e. The summed E-state index contributed by atoms with van der Waals surface area (Å²) in [6, 6.07) is 3.04. The highest BCUT2D eigenvalue weighted by Crippen LogP contribution is 2.30. The van der Waals surface area contributed by atoms with Crippen LogP contribution in [0, 0.1) is 13.8 Å². The number of nitrogens with zero attached hydrogens (tertiary/aromatic N) is 1. The van der Waals surface area contributed by atoms with E-state index in [0.717, 1.165) is 11.1 Å². The van der Waals surface area contributed by atoms with E-state index in [2.05, 4.69) is 28.0 Å². The monoisotopic (exact) mass is 509 g/mol. The normalized spacial score (nSPS) is 13.7. The number of aryl methyl sites for hydroxylation is 1. The van der Waals surface area contributed by atoms with Crippen LogP contribution in [0.15, 0.2) is 18.2 Å². The molecule has 2 N–H and O–H groups in total. The lowest BCUT2D eigenvalue weighted by molar-refractivity contribution is -0.146. The van der Waals surface area contributed by atoms with Gasteiger partial charge in [-0.05, 0) is 64.7 Å². The molecule has 3 atom stereocenters. The number of ether oxygens (including phenoxy) is 2. The number of nitrogens with one attached hydrogen (secondary N) is 2. The van der Waals surface area contributed by atoms with Crippen molar-refractivity contribution in [1.82, 2.24) is 15.5 Å². The fourth-order valence-electron chi connectivity index (χ4n) is 3.43. The molecule has 0 fully saturated rings. The van der Waals surface area contributed by atoms with E-state index < -0.39 is 41.6 Å². The zero-order valence-electron chi connectivity index (χ0n) is 21.9. The zero-order valence-corrected chi connectivity index (χ0v) is 22.8. The molecule has 10 heteroatoms. The number of benzene rings is 1. The number of hydrogen-bond donors (Lipinski definition) is 3. The van der Waals surface area contributed by atoms with Crippen molar-refractivity contribution in [2.75, 3.05) is 19.4 Å². The Kier molecular flexibility index (Phi) is 11.6. The van der Waals surface area contributed by atoms with E-state index in [1.54, 1.807) is 26.8 Å². The maximum atomic E-state index is 13.8. The molecule has 0 bridgehead atoms. The maximum Gasteiger partial charge on any atom is 0.408 e. The summed E-state index contributed by atoms with van der Waals surface area (Å²) < 4.78 is 9.94. The average Bonchev–Trinajstić information content (AvgIpc) is 2.79. The Morgan fingerprint density at radius 3 is 2.29 bits per heavy atom. The number of esters is 1. The van der Waals surface area contributed by atoms with E-state index in [0.29, 0.717) is 12.0 Å². The lowest BCUT2D eigenvalue weighted by Gasteiger charge is -2.38. The summed E-state index contributed by atoms with van der Waals surface area (Å²) in [5.74, 6) is -1.64. The first kappa shape index (κ1) is 30.3. The number of methoxy groups -OCH3 is 1. The van der Waals surface area contributed by atoms with Crippen molar-refractivity contribution in [2.45, 2.75) is 78.6 Å². The zero-order chi connectivity index (χ0) is 26.9. The molecule has 196 valence electrons. The lowest BCUT2D eigenvalue weighted by Crippen LogP contribution is -2.56. The van der Waals surface area contributed by atoms with Crippen LogP contribution < -0.4 is 10.6 Å². The van der Waals surface area contributed by atoms with Gasteiger partial charge >= 0.3 is 12.1 Å². The van der Waals surface area contributed by atoms with Crippen LogP contribution in [-0.4, -0.2) is 65.9 Å². The average molecular weight is 510 g/mol. The van der Waals surface area contributed by atoms with E-state index in [9.17, 15) is 19.2 Å². The number of alkyl carbamates (subject to hydrolysis) is 1. The highest BCUT2D eigenvalue weighted by molar-refractivity contribution is 7.80. The molecule has 1 aromatic rings. The van der Waals surface area contributed by atoms with Crippen LogP contribution in [0.25, 0.3) is 0 Å². The van der Waals surface area contributed by atoms with Crippen molar-refractivity contribution in [3.8, 4) is 0 Å². The molecule has 3 amide bonds. The Morgan fingerprint density at radius 1 is 1.14 bits per heavy atom. The van der Waals surface area contributed by atoms with Crippen molar-refractivity contribution < 1.29 is 28.7 Å². The molecular formula is C25H39N3O6S. The van der Waals surface area contributed by atoms with Crippen LogP contribution in [-0.2, 0) is 23.9 Å². The topological polar surface area (TPSA) is 114 Å². The highest BCUT2D eigenvalue weighted by Gasteiger charge is 2.39. The van der Waals surface area contributed by atoms with Gasteiger partial charge in [0.05, 0.1) is 7.11 Å². The van der Waals surface area contributed by atoms with Gasteiger partial charge in [-0.25, -0.2) is 4.79 Å². The van der Waals surface area contributed by atoms with Crippen molar-refractivity contribution in [3.63, 3.8) is 0 Å². The van der Waals surface area contributed by atoms with E-state index in [1.165, 1.54) is 12.0 Å². The summed E-state index contributed by atoms with van der Waals surface area (Å²) in [6.45, 7) is 12.3. The third-order valence-corrected chi connectivity index (χ3v) is 5.96. The van der Waals surface area contributed by atoms with E-state index in [4.69, 9.17) is 4.74 Å². The van der Waals surface area contributed by atoms with Gasteiger partial charge in [0.15, 0.2) is 0 Å². The molecule has 1 aromatic carbocycles. The smallest absolute Gasteiger partial charge is 0.408 e. The van der Waals surface area contributed by atoms with Gasteiger partial charge in [0.1, 0.15) is 24.2 Å². The summed E-state index contributed by atoms with van der Waals surface area (Å²) >= 11 is 4.28. The van der Waals surface area contributed by atoms with Crippen LogP contribution >= 0.6 is 12.6 Å². The van der Waals surface area contributed by atoms with Crippen molar-refractivity contribution >= 4 is 36.5 Å². The number of hydrogen-bond acceptors (Lipinski definition) is 7. The highest BCUT2D eigenvalue weighted by atomic mass is 32.1. The predicted octanol–water partition coefficient (Wildman–Crippen LogP) is 3.08. The van der Waals surface area contributed by atoms with Gasteiger partial charge in [-0.1, -0.05) is 25.1 Å². The summed E-state index contributed by atoms with van der Waals surface area (Å²) in [6.07, 6.45) is -0.212. The number of amides is 3. The summed E-state index contributed by atoms with van der Waals surface area (Å²) in [5.41, 5.74) is 1.66. The minimum absolute atomic E-state index is 0.00565. The van der Waals surface area contributed by atoms with E-state index in [1.807, 2.05) is 39.8 Å². The molecule has 0 aliphatic rings. The van der Waals surface area contributed by atoms with Gasteiger partial charge in [0.25, 0.3) is 0 Å². The second kappa shape index (κ2) is 13.4. The number of carbonyl (C=O) groups excluding carboxylic acids is 4. The van der Waals surface area contributed by atoms with Gasteiger partial charge in [0, 0.05) is 11.8 Å². The van der Waals surface area contributed by atoms with Crippen LogP contribution in [0.2, 0.25) is 0 Å². The molecule has 3 unspecified atom stereocenters. The second-order valence-electron chi connectivity index (χ2n) is 9.37. The van der Waals surface area contributed by atoms with Crippen molar-refractivity contribution in [2.24, 2.45) is 0 Å². The predicted molar refractivity (Wildman–Crippen MR) is 137 cm³/mol.